The summed E-state index contributed by atoms with van der Waals surface area (Å²) in [5.74, 6) is -0.0486. The van der Waals surface area contributed by atoms with Crippen LogP contribution in [0.1, 0.15) is 27.8 Å². The molecule has 0 aromatic carbocycles. The SMILES string of the molecule is Cn1cc(C(=O)N2CCO[C@H](c3cc(CCO)[nH]n3)C2)cn1. The van der Waals surface area contributed by atoms with Crippen LogP contribution in [0, 0.1) is 0 Å². The van der Waals surface area contributed by atoms with Gasteiger partial charge in [-0.3, -0.25) is 14.6 Å². The molecule has 0 aliphatic carbocycles. The molecule has 1 saturated heterocycles. The molecule has 3 rings (SSSR count). The second-order valence-electron chi connectivity index (χ2n) is 5.30. The van der Waals surface area contributed by atoms with Gasteiger partial charge in [-0.25, -0.2) is 0 Å². The van der Waals surface area contributed by atoms with Gasteiger partial charge in [0.15, 0.2) is 0 Å². The summed E-state index contributed by atoms with van der Waals surface area (Å²) in [7, 11) is 1.78. The molecule has 8 heteroatoms. The summed E-state index contributed by atoms with van der Waals surface area (Å²) in [5.41, 5.74) is 2.19. The molecule has 8 nitrogen and oxygen atoms in total. The average molecular weight is 305 g/mol. The van der Waals surface area contributed by atoms with Crippen LogP contribution < -0.4 is 0 Å². The summed E-state index contributed by atoms with van der Waals surface area (Å²) >= 11 is 0. The van der Waals surface area contributed by atoms with Crippen molar-refractivity contribution in [2.24, 2.45) is 7.05 Å². The highest BCUT2D eigenvalue weighted by molar-refractivity contribution is 5.93. The predicted molar refractivity (Wildman–Crippen MR) is 77.2 cm³/mol. The minimum atomic E-state index is -0.252. The zero-order chi connectivity index (χ0) is 15.5. The van der Waals surface area contributed by atoms with Gasteiger partial charge in [-0.2, -0.15) is 10.2 Å². The van der Waals surface area contributed by atoms with Gasteiger partial charge < -0.3 is 14.7 Å². The number of morpholine rings is 1. The maximum atomic E-state index is 12.5. The van der Waals surface area contributed by atoms with Gasteiger partial charge in [0.2, 0.25) is 0 Å². The zero-order valence-corrected chi connectivity index (χ0v) is 12.4. The molecule has 0 bridgehead atoms. The Morgan fingerprint density at radius 1 is 1.59 bits per heavy atom. The fourth-order valence-corrected chi connectivity index (χ4v) is 2.52. The molecule has 2 aromatic heterocycles. The lowest BCUT2D eigenvalue weighted by Crippen LogP contribution is -2.42. The van der Waals surface area contributed by atoms with Gasteiger partial charge in [0.05, 0.1) is 30.6 Å². The molecule has 0 saturated carbocycles. The van der Waals surface area contributed by atoms with Crippen molar-refractivity contribution < 1.29 is 14.6 Å². The summed E-state index contributed by atoms with van der Waals surface area (Å²) < 4.78 is 7.33. The summed E-state index contributed by atoms with van der Waals surface area (Å²) in [5, 5.41) is 20.1. The van der Waals surface area contributed by atoms with Crippen LogP contribution in [0.3, 0.4) is 0 Å². The molecular formula is C14H19N5O3. The largest absolute Gasteiger partial charge is 0.396 e. The van der Waals surface area contributed by atoms with E-state index in [4.69, 9.17) is 9.84 Å². The first-order valence-electron chi connectivity index (χ1n) is 7.22. The first-order valence-corrected chi connectivity index (χ1v) is 7.22. The molecule has 1 aliphatic heterocycles. The van der Waals surface area contributed by atoms with E-state index in [0.717, 1.165) is 11.4 Å². The van der Waals surface area contributed by atoms with Crippen molar-refractivity contribution in [1.82, 2.24) is 24.9 Å². The second-order valence-corrected chi connectivity index (χ2v) is 5.30. The zero-order valence-electron chi connectivity index (χ0n) is 12.4. The molecule has 22 heavy (non-hydrogen) atoms. The number of ether oxygens (including phenoxy) is 1. The molecular weight excluding hydrogens is 286 g/mol. The maximum absolute atomic E-state index is 12.5. The number of carbonyl (C=O) groups excluding carboxylic acids is 1. The number of rotatable bonds is 4. The van der Waals surface area contributed by atoms with E-state index in [2.05, 4.69) is 15.3 Å². The molecule has 0 unspecified atom stereocenters. The van der Waals surface area contributed by atoms with Gasteiger partial charge in [-0.1, -0.05) is 0 Å². The molecule has 2 N–H and O–H groups in total. The number of H-pyrrole nitrogens is 1. The monoisotopic (exact) mass is 305 g/mol. The third-order valence-corrected chi connectivity index (χ3v) is 3.67. The molecule has 118 valence electrons. The van der Waals surface area contributed by atoms with Crippen molar-refractivity contribution in [3.63, 3.8) is 0 Å². The van der Waals surface area contributed by atoms with Crippen molar-refractivity contribution >= 4 is 5.91 Å². The Kier molecular flexibility index (Phi) is 4.21. The molecule has 0 spiro atoms. The minimum absolute atomic E-state index is 0.0486. The Balaban J connectivity index is 1.69. The summed E-state index contributed by atoms with van der Waals surface area (Å²) in [6.07, 6.45) is 3.55. The number of nitrogens with one attached hydrogen (secondary N) is 1. The van der Waals surface area contributed by atoms with Crippen molar-refractivity contribution in [2.75, 3.05) is 26.3 Å². The quantitative estimate of drug-likeness (QED) is 0.822. The van der Waals surface area contributed by atoms with Crippen LogP contribution >= 0.6 is 0 Å². The van der Waals surface area contributed by atoms with Gasteiger partial charge in [0.25, 0.3) is 5.91 Å². The molecule has 1 aliphatic rings. The number of hydrogen-bond donors (Lipinski definition) is 2. The van der Waals surface area contributed by atoms with E-state index < -0.39 is 0 Å². The lowest BCUT2D eigenvalue weighted by molar-refractivity contribution is -0.0247. The van der Waals surface area contributed by atoms with E-state index >= 15 is 0 Å². The number of amides is 1. The van der Waals surface area contributed by atoms with E-state index in [1.54, 1.807) is 29.0 Å². The lowest BCUT2D eigenvalue weighted by atomic mass is 10.1. The van der Waals surface area contributed by atoms with E-state index in [1.165, 1.54) is 0 Å². The van der Waals surface area contributed by atoms with Gasteiger partial charge >= 0.3 is 0 Å². The van der Waals surface area contributed by atoms with Crippen molar-refractivity contribution in [3.05, 3.63) is 35.4 Å². The van der Waals surface area contributed by atoms with Gasteiger partial charge in [0, 0.05) is 38.5 Å². The number of aliphatic hydroxyl groups excluding tert-OH is 1. The van der Waals surface area contributed by atoms with Crippen molar-refractivity contribution in [1.29, 1.82) is 0 Å². The first kappa shape index (κ1) is 14.7. The highest BCUT2D eigenvalue weighted by atomic mass is 16.5. The molecule has 1 amide bonds. The van der Waals surface area contributed by atoms with Crippen LogP contribution in [0.4, 0.5) is 0 Å². The fraction of sp³-hybridized carbons (Fsp3) is 0.500. The normalized spacial score (nSPS) is 18.6. The molecule has 1 fully saturated rings. The van der Waals surface area contributed by atoms with E-state index in [1.807, 2.05) is 6.07 Å². The lowest BCUT2D eigenvalue weighted by Gasteiger charge is -2.31. The highest BCUT2D eigenvalue weighted by Crippen LogP contribution is 2.22. The first-order chi connectivity index (χ1) is 10.7. The van der Waals surface area contributed by atoms with E-state index in [9.17, 15) is 4.79 Å². The van der Waals surface area contributed by atoms with E-state index in [-0.39, 0.29) is 18.6 Å². The third-order valence-electron chi connectivity index (χ3n) is 3.67. The van der Waals surface area contributed by atoms with Gasteiger partial charge in [-0.15, -0.1) is 0 Å². The Morgan fingerprint density at radius 2 is 2.45 bits per heavy atom. The van der Waals surface area contributed by atoms with Crippen LogP contribution in [0.2, 0.25) is 0 Å². The highest BCUT2D eigenvalue weighted by Gasteiger charge is 2.28. The van der Waals surface area contributed by atoms with Crippen LogP contribution in [0.15, 0.2) is 18.5 Å². The Bertz CT molecular complexity index is 650. The Morgan fingerprint density at radius 3 is 3.18 bits per heavy atom. The Hall–Kier alpha value is -2.19. The summed E-state index contributed by atoms with van der Waals surface area (Å²) in [6, 6.07) is 1.87. The third kappa shape index (κ3) is 3.02. The van der Waals surface area contributed by atoms with Crippen molar-refractivity contribution in [2.45, 2.75) is 12.5 Å². The number of aliphatic hydroxyl groups is 1. The topological polar surface area (TPSA) is 96.3 Å². The summed E-state index contributed by atoms with van der Waals surface area (Å²) in [6.45, 7) is 1.55. The predicted octanol–water partition coefficient (Wildman–Crippen LogP) is -0.108. The van der Waals surface area contributed by atoms with E-state index in [0.29, 0.717) is 31.7 Å². The van der Waals surface area contributed by atoms with Crippen LogP contribution in [-0.2, 0) is 18.2 Å². The van der Waals surface area contributed by atoms with Gasteiger partial charge in [-0.05, 0) is 6.07 Å². The molecule has 2 aromatic rings. The number of aromatic amines is 1. The van der Waals surface area contributed by atoms with Crippen LogP contribution in [-0.4, -0.2) is 62.2 Å². The number of aromatic nitrogens is 4. The van der Waals surface area contributed by atoms with Crippen LogP contribution in [0.5, 0.6) is 0 Å². The van der Waals surface area contributed by atoms with Crippen LogP contribution in [0.25, 0.3) is 0 Å². The molecule has 1 atom stereocenters. The minimum Gasteiger partial charge on any atom is -0.396 e. The maximum Gasteiger partial charge on any atom is 0.257 e. The number of aryl methyl sites for hydroxylation is 1. The molecule has 0 radical (unpaired) electrons. The van der Waals surface area contributed by atoms with Gasteiger partial charge in [0.1, 0.15) is 6.10 Å². The summed E-state index contributed by atoms with van der Waals surface area (Å²) in [4.78, 5) is 14.2. The molecule has 3 heterocycles. The van der Waals surface area contributed by atoms with Crippen molar-refractivity contribution in [3.8, 4) is 0 Å². The number of carbonyl (C=O) groups is 1. The Labute approximate surface area is 127 Å². The number of hydrogen-bond acceptors (Lipinski definition) is 5. The standard InChI is InChI=1S/C14H19N5O3/c1-18-8-10(7-15-18)14(21)19-3-5-22-13(9-19)12-6-11(2-4-20)16-17-12/h6-8,13,20H,2-5,9H2,1H3,(H,16,17)/t13-/m0/s1. The second kappa shape index (κ2) is 6.29. The fourth-order valence-electron chi connectivity index (χ4n) is 2.52. The number of nitrogens with zero attached hydrogens (tertiary/aromatic N) is 4. The average Bonchev–Trinajstić information content (AvgIpc) is 3.16. The smallest absolute Gasteiger partial charge is 0.257 e.